The fraction of sp³-hybridized carbons (Fsp3) is 1.00. The minimum atomic E-state index is 0.450. The molecule has 2 saturated heterocycles. The van der Waals surface area contributed by atoms with Crippen LogP contribution in [0.2, 0.25) is 0 Å². The van der Waals surface area contributed by atoms with Crippen molar-refractivity contribution in [3.05, 3.63) is 0 Å². The van der Waals surface area contributed by atoms with Crippen molar-refractivity contribution in [3.63, 3.8) is 0 Å². The van der Waals surface area contributed by atoms with Crippen molar-refractivity contribution in [1.29, 1.82) is 0 Å². The third-order valence-electron chi connectivity index (χ3n) is 6.60. The summed E-state index contributed by atoms with van der Waals surface area (Å²) in [7, 11) is 2.20. The van der Waals surface area contributed by atoms with Gasteiger partial charge in [-0.3, -0.25) is 0 Å². The van der Waals surface area contributed by atoms with E-state index in [4.69, 9.17) is 0 Å². The minimum Gasteiger partial charge on any atom is -0.317 e. The van der Waals surface area contributed by atoms with Crippen LogP contribution in [0.1, 0.15) is 100 Å². The van der Waals surface area contributed by atoms with Crippen LogP contribution in [0, 0.1) is 10.8 Å². The molecule has 0 aromatic heterocycles. The van der Waals surface area contributed by atoms with E-state index in [0.717, 1.165) is 6.54 Å². The fourth-order valence-electron chi connectivity index (χ4n) is 4.70. The SMILES string of the molecule is CC.CC(C)(C)CN1CCCC2(CCNCC2)C1.CCNCCCCCN(C)C(C)C. The number of hydrogen-bond donors (Lipinski definition) is 2. The van der Waals surface area contributed by atoms with Crippen LogP contribution in [-0.4, -0.2) is 75.2 Å². The molecule has 188 valence electrons. The fourth-order valence-corrected chi connectivity index (χ4v) is 4.70. The van der Waals surface area contributed by atoms with E-state index in [-0.39, 0.29) is 0 Å². The molecule has 2 N–H and O–H groups in total. The Morgan fingerprint density at radius 3 is 2.23 bits per heavy atom. The summed E-state index contributed by atoms with van der Waals surface area (Å²) in [6.45, 7) is 27.7. The van der Waals surface area contributed by atoms with Crippen LogP contribution < -0.4 is 10.6 Å². The number of likely N-dealkylation sites (tertiary alicyclic amines) is 1. The van der Waals surface area contributed by atoms with Crippen molar-refractivity contribution in [2.45, 2.75) is 106 Å². The predicted molar refractivity (Wildman–Crippen MR) is 141 cm³/mol. The van der Waals surface area contributed by atoms with E-state index in [2.05, 4.69) is 69.0 Å². The van der Waals surface area contributed by atoms with Crippen molar-refractivity contribution < 1.29 is 0 Å². The van der Waals surface area contributed by atoms with Gasteiger partial charge in [-0.25, -0.2) is 0 Å². The largest absolute Gasteiger partial charge is 0.317 e. The van der Waals surface area contributed by atoms with Crippen LogP contribution in [0.15, 0.2) is 0 Å². The zero-order valence-electron chi connectivity index (χ0n) is 23.1. The van der Waals surface area contributed by atoms with Gasteiger partial charge in [-0.15, -0.1) is 0 Å². The monoisotopic (exact) mass is 440 g/mol. The molecule has 0 radical (unpaired) electrons. The molecule has 0 atom stereocenters. The highest BCUT2D eigenvalue weighted by Crippen LogP contribution is 2.38. The van der Waals surface area contributed by atoms with Gasteiger partial charge in [-0.2, -0.15) is 0 Å². The maximum Gasteiger partial charge on any atom is 0.00392 e. The van der Waals surface area contributed by atoms with Gasteiger partial charge < -0.3 is 20.4 Å². The second-order valence-electron chi connectivity index (χ2n) is 11.1. The van der Waals surface area contributed by atoms with E-state index in [1.807, 2.05) is 13.8 Å². The van der Waals surface area contributed by atoms with Gasteiger partial charge in [0, 0.05) is 19.1 Å². The molecule has 0 aromatic carbocycles. The highest BCUT2D eigenvalue weighted by atomic mass is 15.1. The molecule has 2 aliphatic heterocycles. The summed E-state index contributed by atoms with van der Waals surface area (Å²) in [5.41, 5.74) is 1.11. The molecule has 0 bridgehead atoms. The lowest BCUT2D eigenvalue weighted by Crippen LogP contribution is -2.50. The molecule has 2 fully saturated rings. The zero-order chi connectivity index (χ0) is 23.8. The smallest absolute Gasteiger partial charge is 0.00392 e. The second-order valence-corrected chi connectivity index (χ2v) is 11.1. The van der Waals surface area contributed by atoms with Crippen molar-refractivity contribution in [3.8, 4) is 0 Å². The molecule has 0 aromatic rings. The van der Waals surface area contributed by atoms with E-state index in [9.17, 15) is 0 Å². The van der Waals surface area contributed by atoms with Crippen LogP contribution >= 0.6 is 0 Å². The lowest BCUT2D eigenvalue weighted by atomic mass is 9.72. The Morgan fingerprint density at radius 1 is 1.03 bits per heavy atom. The second kappa shape index (κ2) is 17.3. The van der Waals surface area contributed by atoms with Crippen molar-refractivity contribution in [2.75, 3.05) is 59.4 Å². The molecule has 0 amide bonds. The number of rotatable bonds is 9. The maximum absolute atomic E-state index is 3.50. The van der Waals surface area contributed by atoms with Crippen LogP contribution in [0.4, 0.5) is 0 Å². The summed E-state index contributed by atoms with van der Waals surface area (Å²) in [6, 6.07) is 0.689. The van der Waals surface area contributed by atoms with E-state index in [1.54, 1.807) is 0 Å². The molecular formula is C27H60N4. The Morgan fingerprint density at radius 2 is 1.68 bits per heavy atom. The Hall–Kier alpha value is -0.160. The van der Waals surface area contributed by atoms with Gasteiger partial charge in [0.25, 0.3) is 0 Å². The van der Waals surface area contributed by atoms with E-state index in [1.165, 1.54) is 90.8 Å². The van der Waals surface area contributed by atoms with Gasteiger partial charge in [0.05, 0.1) is 0 Å². The highest BCUT2D eigenvalue weighted by molar-refractivity contribution is 4.91. The van der Waals surface area contributed by atoms with Gasteiger partial charge >= 0.3 is 0 Å². The quantitative estimate of drug-likeness (QED) is 0.455. The average molecular weight is 441 g/mol. The molecule has 0 aliphatic carbocycles. The van der Waals surface area contributed by atoms with E-state index < -0.39 is 0 Å². The van der Waals surface area contributed by atoms with Gasteiger partial charge in [0.2, 0.25) is 0 Å². The molecule has 0 unspecified atom stereocenters. The molecule has 2 aliphatic rings. The Balaban J connectivity index is 0.000000550. The van der Waals surface area contributed by atoms with Gasteiger partial charge in [0.1, 0.15) is 0 Å². The number of nitrogens with one attached hydrogen (secondary N) is 2. The Labute approximate surface area is 197 Å². The first-order valence-corrected chi connectivity index (χ1v) is 13.5. The van der Waals surface area contributed by atoms with Crippen molar-refractivity contribution >= 4 is 0 Å². The van der Waals surface area contributed by atoms with E-state index in [0.29, 0.717) is 16.9 Å². The standard InChI is InChI=1S/C14H28N2.C11H26N2.C2H6/c1-13(2,3)11-16-10-4-5-14(12-16)6-8-15-9-7-14;1-5-12-9-7-6-8-10-13(4)11(2)3;1-2/h15H,4-12H2,1-3H3;11-12H,5-10H2,1-4H3;1-2H3. The normalized spacial score (nSPS) is 19.1. The molecule has 2 rings (SSSR count). The maximum atomic E-state index is 3.50. The number of unbranched alkanes of at least 4 members (excludes halogenated alkanes) is 2. The van der Waals surface area contributed by atoms with Crippen LogP contribution in [0.5, 0.6) is 0 Å². The molecule has 1 spiro atoms. The number of hydrogen-bond acceptors (Lipinski definition) is 4. The van der Waals surface area contributed by atoms with Gasteiger partial charge in [0.15, 0.2) is 0 Å². The lowest BCUT2D eigenvalue weighted by molar-refractivity contribution is 0.0410. The zero-order valence-corrected chi connectivity index (χ0v) is 23.1. The summed E-state index contributed by atoms with van der Waals surface area (Å²) in [6.07, 6.45) is 9.68. The summed E-state index contributed by atoms with van der Waals surface area (Å²) in [5, 5.41) is 6.85. The number of nitrogens with zero attached hydrogens (tertiary/aromatic N) is 2. The Kier molecular flexibility index (Phi) is 17.2. The van der Waals surface area contributed by atoms with Crippen LogP contribution in [-0.2, 0) is 0 Å². The molecular weight excluding hydrogens is 380 g/mol. The molecule has 4 nitrogen and oxygen atoms in total. The van der Waals surface area contributed by atoms with Crippen LogP contribution in [0.3, 0.4) is 0 Å². The van der Waals surface area contributed by atoms with Gasteiger partial charge in [-0.1, -0.05) is 48.0 Å². The third-order valence-corrected chi connectivity index (χ3v) is 6.60. The lowest BCUT2D eigenvalue weighted by Gasteiger charge is -2.47. The van der Waals surface area contributed by atoms with Crippen molar-refractivity contribution in [1.82, 2.24) is 20.4 Å². The first-order chi connectivity index (χ1) is 14.7. The molecule has 31 heavy (non-hydrogen) atoms. The predicted octanol–water partition coefficient (Wildman–Crippen LogP) is 5.63. The number of piperidine rings is 2. The summed E-state index contributed by atoms with van der Waals surface area (Å²) in [4.78, 5) is 5.13. The highest BCUT2D eigenvalue weighted by Gasteiger charge is 2.37. The topological polar surface area (TPSA) is 30.5 Å². The average Bonchev–Trinajstić information content (AvgIpc) is 2.72. The van der Waals surface area contributed by atoms with Gasteiger partial charge in [-0.05, 0) is 110 Å². The van der Waals surface area contributed by atoms with Crippen LogP contribution in [0.25, 0.3) is 0 Å². The first kappa shape index (κ1) is 30.8. The summed E-state index contributed by atoms with van der Waals surface area (Å²) < 4.78 is 0. The Bertz CT molecular complexity index is 391. The third kappa shape index (κ3) is 15.3. The minimum absolute atomic E-state index is 0.450. The molecule has 4 heteroatoms. The first-order valence-electron chi connectivity index (χ1n) is 13.5. The summed E-state index contributed by atoms with van der Waals surface area (Å²) in [5.74, 6) is 0. The molecule has 0 saturated carbocycles. The van der Waals surface area contributed by atoms with Crippen molar-refractivity contribution in [2.24, 2.45) is 10.8 Å². The van der Waals surface area contributed by atoms with E-state index >= 15 is 0 Å². The summed E-state index contributed by atoms with van der Waals surface area (Å²) >= 11 is 0. The molecule has 2 heterocycles.